The van der Waals surface area contributed by atoms with Gasteiger partial charge in [0.05, 0.1) is 0 Å². The Balaban J connectivity index is 2.32. The summed E-state index contributed by atoms with van der Waals surface area (Å²) in [6.45, 7) is 1.61. The third-order valence-electron chi connectivity index (χ3n) is 0. The number of hydrogen-bond donors (Lipinski definition) is 0. The van der Waals surface area contributed by atoms with E-state index in [2.05, 4.69) is 0 Å². The van der Waals surface area contributed by atoms with Crippen LogP contribution in [0.2, 0.25) is 0 Å². The van der Waals surface area contributed by atoms with Crippen LogP contribution in [0.3, 0.4) is 0 Å². The molecule has 0 aliphatic heterocycles. The quantitative estimate of drug-likeness (QED) is 0.406. The highest BCUT2D eigenvalue weighted by molar-refractivity contribution is 6.52. The summed E-state index contributed by atoms with van der Waals surface area (Å²) in [7, 11) is 0. The maximum absolute atomic E-state index is 4.96. The Labute approximate surface area is 35.7 Å². The summed E-state index contributed by atoms with van der Waals surface area (Å²) in [6, 6.07) is 0. The van der Waals surface area contributed by atoms with E-state index in [0.29, 0.717) is 4.84 Å². The minimum absolute atomic E-state index is 0.361. The van der Waals surface area contributed by atoms with Crippen LogP contribution < -0.4 is 0 Å². The molecule has 0 aliphatic carbocycles. The minimum Gasteiger partial charge on any atom is 0.119 e. The summed E-state index contributed by atoms with van der Waals surface area (Å²) >= 11 is 9.91. The molecule has 0 saturated heterocycles. The molecule has 0 aromatic heterocycles. The monoisotopic (exact) mass is 97.0 g/mol. The summed E-state index contributed by atoms with van der Waals surface area (Å²) < 4.78 is 0. The molecule has 0 spiro atoms. The first-order valence-electron chi connectivity index (χ1n) is 0.878. The van der Waals surface area contributed by atoms with E-state index in [-0.39, 0.29) is 0 Å². The van der Waals surface area contributed by atoms with Crippen LogP contribution in [0.25, 0.3) is 0 Å². The molecule has 0 fully saturated rings. The fraction of sp³-hybridized carbons (Fsp3) is 0.500. The molecule has 2 heteroatoms. The second kappa shape index (κ2) is 1.74. The lowest BCUT2D eigenvalue weighted by Gasteiger charge is -1.50. The lowest BCUT2D eigenvalue weighted by atomic mass is 11.0. The van der Waals surface area contributed by atoms with E-state index in [1.54, 1.807) is 6.92 Å². The number of hydrogen-bond acceptors (Lipinski definition) is 0. The van der Waals surface area contributed by atoms with Gasteiger partial charge in [-0.05, 0) is 0 Å². The van der Waals surface area contributed by atoms with Gasteiger partial charge in [-0.25, -0.2) is 0 Å². The molecule has 0 N–H and O–H groups in total. The molecule has 24 valence electrons. The lowest BCUT2D eigenvalue weighted by Crippen LogP contribution is -1.47. The Morgan fingerprint density at radius 1 is 1.50 bits per heavy atom. The van der Waals surface area contributed by atoms with Crippen molar-refractivity contribution in [2.45, 2.75) is 6.92 Å². The average molecular weight is 98.0 g/mol. The van der Waals surface area contributed by atoms with Crippen molar-refractivity contribution in [1.29, 1.82) is 0 Å². The molecule has 0 unspecified atom stereocenters. The topological polar surface area (TPSA) is 0 Å². The summed E-state index contributed by atoms with van der Waals surface area (Å²) in [4.78, 5) is 0.361. The Kier molecular flexibility index (Phi) is 1.94. The Morgan fingerprint density at radius 3 is 1.50 bits per heavy atom. The van der Waals surface area contributed by atoms with Crippen molar-refractivity contribution in [3.05, 3.63) is 4.84 Å². The SMILES string of the molecule is C[C+](Cl)Cl. The van der Waals surface area contributed by atoms with E-state index in [0.717, 1.165) is 0 Å². The molecule has 0 amide bonds. The predicted octanol–water partition coefficient (Wildman–Crippen LogP) is 1.97. The molecule has 0 bridgehead atoms. The van der Waals surface area contributed by atoms with Gasteiger partial charge in [0.15, 0.2) is 23.2 Å². The molecular weight excluding hydrogens is 94.9 g/mol. The highest BCUT2D eigenvalue weighted by Gasteiger charge is 1.96. The zero-order chi connectivity index (χ0) is 3.58. The van der Waals surface area contributed by atoms with Crippen LogP contribution in [-0.2, 0) is 0 Å². The second-order valence-electron chi connectivity index (χ2n) is 0.449. The van der Waals surface area contributed by atoms with Crippen LogP contribution in [0.15, 0.2) is 0 Å². The Bertz CT molecular complexity index is 8.75. The van der Waals surface area contributed by atoms with Crippen LogP contribution >= 0.6 is 23.2 Å². The highest BCUT2D eigenvalue weighted by Crippen LogP contribution is 2.06. The Hall–Kier alpha value is 0.450. The van der Waals surface area contributed by atoms with Crippen LogP contribution in [0.5, 0.6) is 0 Å². The van der Waals surface area contributed by atoms with Crippen molar-refractivity contribution in [2.75, 3.05) is 0 Å². The largest absolute Gasteiger partial charge is 0.305 e. The maximum atomic E-state index is 4.96. The molecule has 0 saturated carbocycles. The van der Waals surface area contributed by atoms with E-state index in [1.807, 2.05) is 0 Å². The zero-order valence-electron chi connectivity index (χ0n) is 2.26. The van der Waals surface area contributed by atoms with Gasteiger partial charge in [0, 0.05) is 0 Å². The first kappa shape index (κ1) is 4.45. The third kappa shape index (κ3) is 25.4. The smallest absolute Gasteiger partial charge is 0.119 e. The fourth-order valence-electron chi connectivity index (χ4n) is 0. The molecule has 0 aliphatic rings. The van der Waals surface area contributed by atoms with Gasteiger partial charge in [-0.3, -0.25) is 0 Å². The molecule has 0 atom stereocenters. The van der Waals surface area contributed by atoms with Crippen molar-refractivity contribution in [3.63, 3.8) is 0 Å². The fourth-order valence-corrected chi connectivity index (χ4v) is 0. The van der Waals surface area contributed by atoms with Crippen molar-refractivity contribution in [3.8, 4) is 0 Å². The van der Waals surface area contributed by atoms with Crippen molar-refractivity contribution in [2.24, 2.45) is 0 Å². The van der Waals surface area contributed by atoms with E-state index in [4.69, 9.17) is 23.2 Å². The van der Waals surface area contributed by atoms with Crippen LogP contribution in [0.4, 0.5) is 0 Å². The molecule has 0 nitrogen and oxygen atoms in total. The summed E-state index contributed by atoms with van der Waals surface area (Å²) in [6.07, 6.45) is 0. The molecule has 0 rings (SSSR count). The summed E-state index contributed by atoms with van der Waals surface area (Å²) in [5.41, 5.74) is 0. The number of rotatable bonds is 0. The second-order valence-corrected chi connectivity index (χ2v) is 1.78. The maximum Gasteiger partial charge on any atom is 0.305 e. The van der Waals surface area contributed by atoms with Crippen LogP contribution in [-0.4, -0.2) is 0 Å². The normalized spacial score (nSPS) is 6.75. The van der Waals surface area contributed by atoms with Crippen molar-refractivity contribution in [1.82, 2.24) is 0 Å². The standard InChI is InChI=1S/C2H3Cl2/c1-2(3)4/h1H3/q+1. The highest BCUT2D eigenvalue weighted by atomic mass is 35.5. The minimum atomic E-state index is 0.361. The molecule has 0 radical (unpaired) electrons. The summed E-state index contributed by atoms with van der Waals surface area (Å²) in [5.74, 6) is 0. The zero-order valence-corrected chi connectivity index (χ0v) is 3.77. The lowest BCUT2D eigenvalue weighted by molar-refractivity contribution is 1.63. The average Bonchev–Trinajstić information content (AvgIpc) is 0.811. The number of halogens is 2. The molecule has 0 heterocycles. The van der Waals surface area contributed by atoms with E-state index < -0.39 is 0 Å². The van der Waals surface area contributed by atoms with Gasteiger partial charge in [0.25, 0.3) is 0 Å². The van der Waals surface area contributed by atoms with Gasteiger partial charge < -0.3 is 0 Å². The van der Waals surface area contributed by atoms with Crippen LogP contribution in [0.1, 0.15) is 6.92 Å². The third-order valence-corrected chi connectivity index (χ3v) is 0. The Morgan fingerprint density at radius 2 is 1.50 bits per heavy atom. The van der Waals surface area contributed by atoms with E-state index in [9.17, 15) is 0 Å². The van der Waals surface area contributed by atoms with Crippen molar-refractivity contribution < 1.29 is 0 Å². The first-order valence-corrected chi connectivity index (χ1v) is 1.63. The van der Waals surface area contributed by atoms with Gasteiger partial charge in [0.2, 0.25) is 0 Å². The molecule has 4 heavy (non-hydrogen) atoms. The molecular formula is C2H3Cl2+. The van der Waals surface area contributed by atoms with Gasteiger partial charge in [0.1, 0.15) is 6.92 Å². The van der Waals surface area contributed by atoms with Gasteiger partial charge in [-0.2, -0.15) is 0 Å². The summed E-state index contributed by atoms with van der Waals surface area (Å²) in [5, 5.41) is 0. The van der Waals surface area contributed by atoms with E-state index in [1.165, 1.54) is 0 Å². The molecule has 0 aromatic rings. The predicted molar refractivity (Wildman–Crippen MR) is 20.6 cm³/mol. The van der Waals surface area contributed by atoms with Gasteiger partial charge >= 0.3 is 4.84 Å². The molecule has 0 aromatic carbocycles. The first-order chi connectivity index (χ1) is 1.73. The van der Waals surface area contributed by atoms with Gasteiger partial charge in [-0.15, -0.1) is 0 Å². The van der Waals surface area contributed by atoms with Crippen molar-refractivity contribution >= 4 is 23.2 Å². The van der Waals surface area contributed by atoms with Gasteiger partial charge in [-0.1, -0.05) is 0 Å². The van der Waals surface area contributed by atoms with Crippen LogP contribution in [0, 0.1) is 4.84 Å². The van der Waals surface area contributed by atoms with E-state index >= 15 is 0 Å².